The number of halogens is 1. The van der Waals surface area contributed by atoms with E-state index in [0.717, 1.165) is 10.9 Å². The summed E-state index contributed by atoms with van der Waals surface area (Å²) in [6, 6.07) is 2.84. The van der Waals surface area contributed by atoms with Crippen LogP contribution in [0.25, 0.3) is 5.95 Å². The quantitative estimate of drug-likeness (QED) is 0.705. The first-order valence-electron chi connectivity index (χ1n) is 6.41. The Hall–Kier alpha value is -2.79. The molecule has 3 heterocycles. The van der Waals surface area contributed by atoms with Crippen molar-refractivity contribution in [3.63, 3.8) is 0 Å². The van der Waals surface area contributed by atoms with Gasteiger partial charge in [0.1, 0.15) is 16.2 Å². The Morgan fingerprint density at radius 1 is 1.21 bits per heavy atom. The number of methoxy groups -OCH3 is 1. The van der Waals surface area contributed by atoms with Crippen LogP contribution in [0.5, 0.6) is 5.88 Å². The Bertz CT molecular complexity index is 962. The minimum atomic E-state index is -3.99. The first kappa shape index (κ1) is 16.1. The lowest BCUT2D eigenvalue weighted by molar-refractivity contribution is 0.397. The van der Waals surface area contributed by atoms with Crippen molar-refractivity contribution in [2.75, 3.05) is 11.8 Å². The van der Waals surface area contributed by atoms with Crippen LogP contribution in [0.3, 0.4) is 0 Å². The van der Waals surface area contributed by atoms with Crippen LogP contribution in [0.15, 0.2) is 41.9 Å². The summed E-state index contributed by atoms with van der Waals surface area (Å²) in [4.78, 5) is 15.5. The zero-order valence-corrected chi connectivity index (χ0v) is 13.7. The highest BCUT2D eigenvalue weighted by molar-refractivity contribution is 7.92. The number of ether oxygens (including phenoxy) is 1. The molecule has 0 aromatic carbocycles. The van der Waals surface area contributed by atoms with Crippen molar-refractivity contribution in [1.82, 2.24) is 29.7 Å². The summed E-state index contributed by atoms with van der Waals surface area (Å²) in [5.74, 6) is 0.211. The molecule has 3 aromatic heterocycles. The third-order valence-electron chi connectivity index (χ3n) is 2.80. The van der Waals surface area contributed by atoms with Crippen molar-refractivity contribution >= 4 is 27.6 Å². The second-order valence-corrected chi connectivity index (χ2v) is 6.40. The average molecular weight is 368 g/mol. The number of nitrogens with zero attached hydrogens (tertiary/aromatic N) is 6. The van der Waals surface area contributed by atoms with Gasteiger partial charge in [-0.05, 0) is 12.1 Å². The smallest absolute Gasteiger partial charge is 0.265 e. The van der Waals surface area contributed by atoms with Crippen molar-refractivity contribution < 1.29 is 13.2 Å². The predicted molar refractivity (Wildman–Crippen MR) is 83.6 cm³/mol. The molecule has 1 N–H and O–H groups in total. The average Bonchev–Trinajstić information content (AvgIpc) is 3.03. The van der Waals surface area contributed by atoms with E-state index in [1.54, 1.807) is 6.07 Å². The largest absolute Gasteiger partial charge is 0.480 e. The first-order valence-corrected chi connectivity index (χ1v) is 8.27. The van der Waals surface area contributed by atoms with Crippen LogP contribution in [0.2, 0.25) is 5.02 Å². The van der Waals surface area contributed by atoms with Gasteiger partial charge in [-0.25, -0.2) is 28.1 Å². The van der Waals surface area contributed by atoms with Gasteiger partial charge in [0.15, 0.2) is 0 Å². The van der Waals surface area contributed by atoms with Gasteiger partial charge < -0.3 is 4.74 Å². The molecule has 3 aromatic rings. The molecule has 0 saturated heterocycles. The monoisotopic (exact) mass is 367 g/mol. The summed E-state index contributed by atoms with van der Waals surface area (Å²) in [6.07, 6.45) is 5.28. The van der Waals surface area contributed by atoms with Crippen molar-refractivity contribution in [2.24, 2.45) is 0 Å². The van der Waals surface area contributed by atoms with Crippen LogP contribution in [-0.4, -0.2) is 45.2 Å². The summed E-state index contributed by atoms with van der Waals surface area (Å²) in [5, 5.41) is 3.96. The van der Waals surface area contributed by atoms with E-state index < -0.39 is 10.0 Å². The van der Waals surface area contributed by atoms with Crippen molar-refractivity contribution in [1.29, 1.82) is 0 Å². The van der Waals surface area contributed by atoms with Gasteiger partial charge in [-0.1, -0.05) is 11.6 Å². The number of anilines is 1. The van der Waals surface area contributed by atoms with Gasteiger partial charge in [0, 0.05) is 12.4 Å². The number of hydrogen-bond acceptors (Lipinski definition) is 8. The Morgan fingerprint density at radius 3 is 2.62 bits per heavy atom. The molecule has 0 amide bonds. The topological polar surface area (TPSA) is 125 Å². The zero-order chi connectivity index (χ0) is 17.2. The molecule has 10 nitrogen and oxygen atoms in total. The second-order valence-electron chi connectivity index (χ2n) is 4.31. The number of aromatic nitrogens is 6. The number of pyridine rings is 1. The van der Waals surface area contributed by atoms with Gasteiger partial charge in [-0.3, -0.25) is 0 Å². The Balaban J connectivity index is 1.94. The Morgan fingerprint density at radius 2 is 1.96 bits per heavy atom. The number of sulfonamides is 1. The van der Waals surface area contributed by atoms with E-state index in [2.05, 4.69) is 29.8 Å². The normalized spacial score (nSPS) is 11.2. The van der Waals surface area contributed by atoms with E-state index in [9.17, 15) is 8.42 Å². The summed E-state index contributed by atoms with van der Waals surface area (Å²) >= 11 is 5.91. The fraction of sp³-hybridized carbons (Fsp3) is 0.0833. The van der Waals surface area contributed by atoms with Crippen LogP contribution >= 0.6 is 11.6 Å². The number of rotatable bonds is 5. The van der Waals surface area contributed by atoms with E-state index >= 15 is 0 Å². The molecule has 0 radical (unpaired) electrons. The summed E-state index contributed by atoms with van der Waals surface area (Å²) in [6.45, 7) is 0. The van der Waals surface area contributed by atoms with Crippen LogP contribution < -0.4 is 9.46 Å². The second kappa shape index (κ2) is 6.37. The third-order valence-corrected chi connectivity index (χ3v) is 4.37. The lowest BCUT2D eigenvalue weighted by atomic mass is 10.5. The molecular weight excluding hydrogens is 358 g/mol. The molecule has 0 bridgehead atoms. The molecule has 12 heteroatoms. The molecule has 0 fully saturated rings. The molecule has 0 aliphatic heterocycles. The standard InChI is InChI=1S/C12H10ClN7O3S/c1-23-10-9(13)5-8(6-16-10)24(21,22)19-12-17-7-18-20(12)11-14-3-2-4-15-11/h2-7H,1H3,(H,17,18,19). The minimum Gasteiger partial charge on any atom is -0.480 e. The highest BCUT2D eigenvalue weighted by Crippen LogP contribution is 2.25. The van der Waals surface area contributed by atoms with Crippen molar-refractivity contribution in [3.05, 3.63) is 42.1 Å². The van der Waals surface area contributed by atoms with Crippen molar-refractivity contribution in [2.45, 2.75) is 4.90 Å². The Kier molecular flexibility index (Phi) is 4.27. The minimum absolute atomic E-state index is 0.0632. The molecule has 124 valence electrons. The van der Waals surface area contributed by atoms with E-state index in [0.29, 0.717) is 0 Å². The van der Waals surface area contributed by atoms with E-state index in [1.165, 1.54) is 31.9 Å². The SMILES string of the molecule is COc1ncc(S(=O)(=O)Nc2ncnn2-c2ncccn2)cc1Cl. The van der Waals surface area contributed by atoms with E-state index in [4.69, 9.17) is 16.3 Å². The molecule has 0 aliphatic carbocycles. The number of hydrogen-bond donors (Lipinski definition) is 1. The fourth-order valence-electron chi connectivity index (χ4n) is 1.74. The van der Waals surface area contributed by atoms with Gasteiger partial charge >= 0.3 is 0 Å². The predicted octanol–water partition coefficient (Wildman–Crippen LogP) is 0.915. The fourth-order valence-corrected chi connectivity index (χ4v) is 3.01. The number of nitrogens with one attached hydrogen (secondary N) is 1. The summed E-state index contributed by atoms with van der Waals surface area (Å²) in [7, 11) is -2.61. The van der Waals surface area contributed by atoms with Gasteiger partial charge in [-0.15, -0.1) is 0 Å². The molecule has 24 heavy (non-hydrogen) atoms. The van der Waals surface area contributed by atoms with Gasteiger partial charge in [0.25, 0.3) is 16.0 Å². The van der Waals surface area contributed by atoms with Crippen molar-refractivity contribution in [3.8, 4) is 11.8 Å². The molecule has 0 spiro atoms. The summed E-state index contributed by atoms with van der Waals surface area (Å²) < 4.78 is 33.3. The summed E-state index contributed by atoms with van der Waals surface area (Å²) in [5.41, 5.74) is 0. The van der Waals surface area contributed by atoms with Gasteiger partial charge in [-0.2, -0.15) is 14.8 Å². The lowest BCUT2D eigenvalue weighted by Gasteiger charge is -2.09. The highest BCUT2D eigenvalue weighted by atomic mass is 35.5. The maximum Gasteiger partial charge on any atom is 0.265 e. The highest BCUT2D eigenvalue weighted by Gasteiger charge is 2.21. The molecule has 0 aliphatic rings. The molecule has 3 rings (SSSR count). The van der Waals surface area contributed by atoms with Gasteiger partial charge in [0.2, 0.25) is 11.8 Å². The van der Waals surface area contributed by atoms with Crippen LogP contribution in [-0.2, 0) is 10.0 Å². The molecule has 0 saturated carbocycles. The van der Waals surface area contributed by atoms with E-state index in [-0.39, 0.29) is 27.7 Å². The van der Waals surface area contributed by atoms with Crippen LogP contribution in [0.4, 0.5) is 5.95 Å². The molecule has 0 atom stereocenters. The van der Waals surface area contributed by atoms with Crippen LogP contribution in [0.1, 0.15) is 0 Å². The molecule has 0 unspecified atom stereocenters. The first-order chi connectivity index (χ1) is 11.5. The van der Waals surface area contributed by atoms with E-state index in [1.807, 2.05) is 0 Å². The maximum atomic E-state index is 12.5. The molecular formula is C12H10ClN7O3S. The lowest BCUT2D eigenvalue weighted by Crippen LogP contribution is -2.17. The van der Waals surface area contributed by atoms with Gasteiger partial charge in [0.05, 0.1) is 13.3 Å². The zero-order valence-electron chi connectivity index (χ0n) is 12.2. The van der Waals surface area contributed by atoms with Crippen LogP contribution in [0, 0.1) is 0 Å². The Labute approximate surface area is 141 Å². The third kappa shape index (κ3) is 3.12. The maximum absolute atomic E-state index is 12.5.